The summed E-state index contributed by atoms with van der Waals surface area (Å²) in [6.45, 7) is 0. The summed E-state index contributed by atoms with van der Waals surface area (Å²) in [5, 5.41) is 10.8. The average molecular weight is 435 g/mol. The summed E-state index contributed by atoms with van der Waals surface area (Å²) in [5.41, 5.74) is 2.68. The van der Waals surface area contributed by atoms with Gasteiger partial charge in [-0.1, -0.05) is 75.6 Å². The molecule has 0 radical (unpaired) electrons. The molecule has 2 unspecified atom stereocenters. The van der Waals surface area contributed by atoms with Crippen LogP contribution >= 0.6 is 11.6 Å². The van der Waals surface area contributed by atoms with Crippen LogP contribution in [0, 0.1) is 11.8 Å². The Morgan fingerprint density at radius 2 is 1.77 bits per heavy atom. The monoisotopic (exact) mass is 434 g/mol. The van der Waals surface area contributed by atoms with Crippen LogP contribution in [0.2, 0.25) is 0 Å². The highest BCUT2D eigenvalue weighted by molar-refractivity contribution is 6.21. The smallest absolute Gasteiger partial charge is 0.305 e. The van der Waals surface area contributed by atoms with Crippen molar-refractivity contribution < 1.29 is 14.6 Å². The van der Waals surface area contributed by atoms with E-state index in [4.69, 9.17) is 16.3 Å². The number of ether oxygens (including phenoxy) is 1. The van der Waals surface area contributed by atoms with Crippen LogP contribution in [0.1, 0.15) is 94.1 Å². The second kappa shape index (κ2) is 12.1. The van der Waals surface area contributed by atoms with Gasteiger partial charge in [-0.05, 0) is 48.6 Å². The summed E-state index contributed by atoms with van der Waals surface area (Å²) in [6, 6.07) is 9.04. The lowest BCUT2D eigenvalue weighted by atomic mass is 9.82. The van der Waals surface area contributed by atoms with E-state index in [9.17, 15) is 9.90 Å². The van der Waals surface area contributed by atoms with E-state index >= 15 is 0 Å². The van der Waals surface area contributed by atoms with Gasteiger partial charge in [0.25, 0.3) is 0 Å². The molecule has 0 spiro atoms. The lowest BCUT2D eigenvalue weighted by molar-refractivity contribution is -0.140. The van der Waals surface area contributed by atoms with Gasteiger partial charge in [0.1, 0.15) is 0 Å². The molecule has 4 heteroatoms. The van der Waals surface area contributed by atoms with Crippen molar-refractivity contribution in [2.45, 2.75) is 101 Å². The lowest BCUT2D eigenvalue weighted by Crippen LogP contribution is -2.19. The number of aliphatic hydroxyl groups is 1. The predicted octanol–water partition coefficient (Wildman–Crippen LogP) is 6.39. The Hall–Kier alpha value is -1.06. The number of carbonyl (C=O) groups excluding carboxylic acids is 1. The number of alkyl halides is 1. The molecule has 4 atom stereocenters. The first kappa shape index (κ1) is 23.6. The van der Waals surface area contributed by atoms with Crippen molar-refractivity contribution in [1.82, 2.24) is 0 Å². The minimum Gasteiger partial charge on any atom is -0.469 e. The first-order valence-electron chi connectivity index (χ1n) is 12.1. The van der Waals surface area contributed by atoms with Gasteiger partial charge in [-0.15, -0.1) is 11.6 Å². The minimum atomic E-state index is -0.346. The summed E-state index contributed by atoms with van der Waals surface area (Å²) >= 11 is 6.66. The van der Waals surface area contributed by atoms with E-state index in [0.717, 1.165) is 38.0 Å². The third kappa shape index (κ3) is 6.72. The van der Waals surface area contributed by atoms with E-state index in [0.29, 0.717) is 18.8 Å². The van der Waals surface area contributed by atoms with Crippen molar-refractivity contribution in [3.8, 4) is 0 Å². The Labute approximate surface area is 187 Å². The molecule has 1 aromatic carbocycles. The summed E-state index contributed by atoms with van der Waals surface area (Å²) in [5.74, 6) is 1.19. The average Bonchev–Trinajstić information content (AvgIpc) is 3.04. The number of hydrogen-bond donors (Lipinski definition) is 1. The summed E-state index contributed by atoms with van der Waals surface area (Å²) in [6.07, 6.45) is 14.1. The molecule has 3 nitrogen and oxygen atoms in total. The number of aliphatic hydroxyl groups excluding tert-OH is 1. The largest absolute Gasteiger partial charge is 0.469 e. The third-order valence-corrected chi connectivity index (χ3v) is 7.82. The molecule has 0 aliphatic heterocycles. The predicted molar refractivity (Wildman–Crippen MR) is 123 cm³/mol. The number of halogens is 1. The van der Waals surface area contributed by atoms with E-state index in [1.54, 1.807) is 0 Å². The van der Waals surface area contributed by atoms with E-state index in [1.807, 2.05) is 0 Å². The molecule has 1 N–H and O–H groups in total. The first-order valence-corrected chi connectivity index (χ1v) is 12.5. The standard InChI is InChI=1S/C26H39ClO3/c1-30-25(29)12-8-3-2-7-11-22-23(27)18-24(28)26(22)21-15-13-20(14-16-21)17-19-9-5-4-6-10-19/h13-16,19,22-24,26,28H,2-12,17-18H2,1H3/t22-,23+,24?,26?/m0/s1. The summed E-state index contributed by atoms with van der Waals surface area (Å²) in [4.78, 5) is 11.2. The number of methoxy groups -OCH3 is 1. The molecule has 168 valence electrons. The van der Waals surface area contributed by atoms with Crippen molar-refractivity contribution in [2.75, 3.05) is 7.11 Å². The summed E-state index contributed by atoms with van der Waals surface area (Å²) < 4.78 is 4.69. The van der Waals surface area contributed by atoms with Crippen LogP contribution in [0.25, 0.3) is 0 Å². The van der Waals surface area contributed by atoms with Crippen molar-refractivity contribution in [1.29, 1.82) is 0 Å². The second-order valence-electron chi connectivity index (χ2n) is 9.49. The number of esters is 1. The molecule has 30 heavy (non-hydrogen) atoms. The Kier molecular flexibility index (Phi) is 9.52. The van der Waals surface area contributed by atoms with Gasteiger partial charge in [-0.2, -0.15) is 0 Å². The molecule has 2 aliphatic carbocycles. The van der Waals surface area contributed by atoms with Crippen LogP contribution in [-0.2, 0) is 16.0 Å². The maximum Gasteiger partial charge on any atom is 0.305 e. The highest BCUT2D eigenvalue weighted by atomic mass is 35.5. The second-order valence-corrected chi connectivity index (χ2v) is 10.0. The van der Waals surface area contributed by atoms with E-state index in [1.165, 1.54) is 56.8 Å². The Balaban J connectivity index is 1.50. The summed E-state index contributed by atoms with van der Waals surface area (Å²) in [7, 11) is 1.44. The number of carbonyl (C=O) groups is 1. The Bertz CT molecular complexity index is 638. The SMILES string of the molecule is COC(=O)CCCCCC[C@@H]1C(c2ccc(CC3CCCCC3)cc2)C(O)C[C@H]1Cl. The van der Waals surface area contributed by atoms with E-state index < -0.39 is 0 Å². The fourth-order valence-corrected chi connectivity index (χ4v) is 6.06. The third-order valence-electron chi connectivity index (χ3n) is 7.32. The molecule has 0 saturated heterocycles. The lowest BCUT2D eigenvalue weighted by Gasteiger charge is -2.25. The van der Waals surface area contributed by atoms with E-state index in [-0.39, 0.29) is 23.4 Å². The molecule has 1 aromatic rings. The van der Waals surface area contributed by atoms with Crippen molar-refractivity contribution in [2.24, 2.45) is 11.8 Å². The van der Waals surface area contributed by atoms with Gasteiger partial charge in [0.2, 0.25) is 0 Å². The van der Waals surface area contributed by atoms with Crippen LogP contribution in [0.4, 0.5) is 0 Å². The molecule has 2 saturated carbocycles. The molecule has 0 amide bonds. The number of unbranched alkanes of at least 4 members (excludes halogenated alkanes) is 3. The molecular formula is C26H39ClO3. The minimum absolute atomic E-state index is 0.0435. The molecule has 2 fully saturated rings. The van der Waals surface area contributed by atoms with Gasteiger partial charge in [0, 0.05) is 17.7 Å². The maximum atomic E-state index is 11.2. The van der Waals surface area contributed by atoms with Gasteiger partial charge in [0.05, 0.1) is 13.2 Å². The van der Waals surface area contributed by atoms with Crippen LogP contribution in [0.15, 0.2) is 24.3 Å². The van der Waals surface area contributed by atoms with Crippen LogP contribution < -0.4 is 0 Å². The van der Waals surface area contributed by atoms with Crippen LogP contribution in [0.5, 0.6) is 0 Å². The van der Waals surface area contributed by atoms with Gasteiger partial charge in [-0.25, -0.2) is 0 Å². The van der Waals surface area contributed by atoms with Crippen molar-refractivity contribution in [3.63, 3.8) is 0 Å². The van der Waals surface area contributed by atoms with Gasteiger partial charge < -0.3 is 9.84 Å². The van der Waals surface area contributed by atoms with Crippen LogP contribution in [-0.4, -0.2) is 29.7 Å². The van der Waals surface area contributed by atoms with Gasteiger partial charge in [-0.3, -0.25) is 4.79 Å². The van der Waals surface area contributed by atoms with Gasteiger partial charge >= 0.3 is 5.97 Å². The highest BCUT2D eigenvalue weighted by Gasteiger charge is 2.41. The zero-order valence-corrected chi connectivity index (χ0v) is 19.3. The Morgan fingerprint density at radius 1 is 1.07 bits per heavy atom. The molecule has 0 bridgehead atoms. The number of benzene rings is 1. The normalized spacial score (nSPS) is 27.3. The Morgan fingerprint density at radius 3 is 2.47 bits per heavy atom. The fourth-order valence-electron chi connectivity index (χ4n) is 5.60. The maximum absolute atomic E-state index is 11.2. The molecule has 0 heterocycles. The highest BCUT2D eigenvalue weighted by Crippen LogP contribution is 2.45. The van der Waals surface area contributed by atoms with E-state index in [2.05, 4.69) is 24.3 Å². The molecule has 3 rings (SSSR count). The zero-order valence-electron chi connectivity index (χ0n) is 18.5. The molecular weight excluding hydrogens is 396 g/mol. The van der Waals surface area contributed by atoms with Crippen molar-refractivity contribution in [3.05, 3.63) is 35.4 Å². The van der Waals surface area contributed by atoms with Crippen molar-refractivity contribution >= 4 is 17.6 Å². The quantitative estimate of drug-likeness (QED) is 0.263. The molecule has 0 aromatic heterocycles. The zero-order chi connectivity index (χ0) is 21.3. The molecule has 2 aliphatic rings. The first-order chi connectivity index (χ1) is 14.6. The topological polar surface area (TPSA) is 46.5 Å². The number of rotatable bonds is 10. The van der Waals surface area contributed by atoms with Crippen LogP contribution in [0.3, 0.4) is 0 Å². The fraction of sp³-hybridized carbons (Fsp3) is 0.731. The number of hydrogen-bond acceptors (Lipinski definition) is 3. The van der Waals surface area contributed by atoms with Gasteiger partial charge in [0.15, 0.2) is 0 Å².